The molecule has 1 aromatic heterocycles. The molecule has 0 saturated carbocycles. The first kappa shape index (κ1) is 30.5. The van der Waals surface area contributed by atoms with E-state index in [0.29, 0.717) is 49.4 Å². The maximum absolute atomic E-state index is 12.2. The first-order chi connectivity index (χ1) is 19.9. The first-order valence-corrected chi connectivity index (χ1v) is 14.8. The highest BCUT2D eigenvalue weighted by atomic mass is 32.2. The predicted octanol–water partition coefficient (Wildman–Crippen LogP) is 4.80. The van der Waals surface area contributed by atoms with Gasteiger partial charge in [-0.15, -0.1) is 0 Å². The fraction of sp³-hybridized carbons (Fsp3) is 0.387. The minimum atomic E-state index is -0.812. The summed E-state index contributed by atoms with van der Waals surface area (Å²) >= 11 is 1.45. The van der Waals surface area contributed by atoms with Gasteiger partial charge in [0.1, 0.15) is 0 Å². The molecule has 0 radical (unpaired) electrons. The molecule has 10 heteroatoms. The molecular weight excluding hydrogens is 544 g/mol. The number of unbranched alkanes of at least 4 members (excludes halogenated alkanes) is 2. The van der Waals surface area contributed by atoms with Crippen LogP contribution in [0.25, 0.3) is 0 Å². The molecule has 1 amide bonds. The van der Waals surface area contributed by atoms with Crippen molar-refractivity contribution < 1.29 is 34.0 Å². The Morgan fingerprint density at radius 1 is 0.927 bits per heavy atom. The smallest absolute Gasteiger partial charge is 0.303 e. The van der Waals surface area contributed by atoms with E-state index < -0.39 is 12.3 Å². The van der Waals surface area contributed by atoms with Gasteiger partial charge in [0.25, 0.3) is 5.03 Å². The van der Waals surface area contributed by atoms with E-state index in [1.807, 2.05) is 54.6 Å². The molecule has 2 aromatic carbocycles. The molecule has 0 spiro atoms. The van der Waals surface area contributed by atoms with Crippen molar-refractivity contribution in [3.63, 3.8) is 0 Å². The summed E-state index contributed by atoms with van der Waals surface area (Å²) in [5.41, 5.74) is 3.61. The van der Waals surface area contributed by atoms with Crippen molar-refractivity contribution in [1.82, 2.24) is 5.32 Å². The van der Waals surface area contributed by atoms with Crippen molar-refractivity contribution in [2.75, 3.05) is 5.75 Å². The fourth-order valence-electron chi connectivity index (χ4n) is 4.55. The zero-order chi connectivity index (χ0) is 29.0. The molecule has 41 heavy (non-hydrogen) atoms. The number of aromatic nitrogens is 1. The molecule has 3 N–H and O–H groups in total. The molecule has 1 aliphatic rings. The summed E-state index contributed by atoms with van der Waals surface area (Å²) in [5.74, 6) is -0.290. The number of hydrogen-bond acceptors (Lipinski definition) is 7. The lowest BCUT2D eigenvalue weighted by Gasteiger charge is -2.36. The number of nitrogens with zero attached hydrogens (tertiary/aromatic N) is 1. The second kappa shape index (κ2) is 15.5. The lowest BCUT2D eigenvalue weighted by Crippen LogP contribution is -2.32. The summed E-state index contributed by atoms with van der Waals surface area (Å²) in [7, 11) is 0. The SMILES string of the molecule is O=C(O)CCCCCC(=O)NCc1ccc([C@H]2O[C@@H](CSc3cccc[n+]3[O-])C[C@@H](c3ccc(CO)cc3)O2)cc1. The normalized spacial score (nSPS) is 18.6. The second-order valence-electron chi connectivity index (χ2n) is 10.00. The predicted molar refractivity (Wildman–Crippen MR) is 154 cm³/mol. The number of pyridine rings is 1. The van der Waals surface area contributed by atoms with Crippen LogP contribution in [0.4, 0.5) is 0 Å². The van der Waals surface area contributed by atoms with Gasteiger partial charge in [0.05, 0.1) is 18.8 Å². The fourth-order valence-corrected chi connectivity index (χ4v) is 5.48. The highest BCUT2D eigenvalue weighted by Gasteiger charge is 2.32. The summed E-state index contributed by atoms with van der Waals surface area (Å²) in [4.78, 5) is 22.7. The highest BCUT2D eigenvalue weighted by Crippen LogP contribution is 2.39. The summed E-state index contributed by atoms with van der Waals surface area (Å²) in [5, 5.41) is 33.7. The van der Waals surface area contributed by atoms with Crippen LogP contribution >= 0.6 is 11.8 Å². The molecule has 0 bridgehead atoms. The maximum atomic E-state index is 12.2. The Labute approximate surface area is 244 Å². The quantitative estimate of drug-likeness (QED) is 0.107. The van der Waals surface area contributed by atoms with Crippen LogP contribution in [0.5, 0.6) is 0 Å². The van der Waals surface area contributed by atoms with Crippen molar-refractivity contribution >= 4 is 23.6 Å². The number of hydrogen-bond donors (Lipinski definition) is 3. The zero-order valence-corrected chi connectivity index (χ0v) is 23.6. The van der Waals surface area contributed by atoms with E-state index in [4.69, 9.17) is 14.6 Å². The van der Waals surface area contributed by atoms with Gasteiger partial charge < -0.3 is 30.2 Å². The average Bonchev–Trinajstić information content (AvgIpc) is 2.99. The lowest BCUT2D eigenvalue weighted by atomic mass is 10.0. The Balaban J connectivity index is 1.36. The van der Waals surface area contributed by atoms with E-state index in [1.54, 1.807) is 12.1 Å². The molecule has 4 rings (SSSR count). The average molecular weight is 581 g/mol. The number of aliphatic hydroxyl groups is 1. The van der Waals surface area contributed by atoms with E-state index in [1.165, 1.54) is 18.0 Å². The van der Waals surface area contributed by atoms with Gasteiger partial charge in [-0.25, -0.2) is 0 Å². The lowest BCUT2D eigenvalue weighted by molar-refractivity contribution is -0.645. The van der Waals surface area contributed by atoms with Gasteiger partial charge in [0.15, 0.2) is 12.5 Å². The van der Waals surface area contributed by atoms with Crippen LogP contribution in [0.1, 0.15) is 73.2 Å². The molecule has 2 heterocycles. The summed E-state index contributed by atoms with van der Waals surface area (Å²) in [6.07, 6.45) is 3.55. The number of carboxylic acid groups (broad SMARTS) is 1. The molecule has 3 atom stereocenters. The van der Waals surface area contributed by atoms with Gasteiger partial charge in [-0.05, 0) is 35.6 Å². The topological polar surface area (TPSA) is 132 Å². The number of aliphatic hydroxyl groups excluding tert-OH is 1. The minimum absolute atomic E-state index is 0.0251. The van der Waals surface area contributed by atoms with Gasteiger partial charge in [-0.3, -0.25) is 9.59 Å². The number of aliphatic carboxylic acids is 1. The highest BCUT2D eigenvalue weighted by molar-refractivity contribution is 7.99. The molecular formula is C31H36N2O7S. The monoisotopic (exact) mass is 580 g/mol. The van der Waals surface area contributed by atoms with Crippen LogP contribution in [-0.2, 0) is 32.2 Å². The first-order valence-electron chi connectivity index (χ1n) is 13.8. The van der Waals surface area contributed by atoms with Crippen molar-refractivity contribution in [3.8, 4) is 0 Å². The van der Waals surface area contributed by atoms with Crippen LogP contribution in [-0.4, -0.2) is 33.9 Å². The Bertz CT molecular complexity index is 1270. The Hall–Kier alpha value is -3.44. The van der Waals surface area contributed by atoms with Crippen LogP contribution in [0.3, 0.4) is 0 Å². The molecule has 1 saturated heterocycles. The van der Waals surface area contributed by atoms with Gasteiger partial charge >= 0.3 is 5.97 Å². The Morgan fingerprint density at radius 3 is 2.34 bits per heavy atom. The minimum Gasteiger partial charge on any atom is -0.618 e. The third kappa shape index (κ3) is 9.57. The van der Waals surface area contributed by atoms with Crippen molar-refractivity contribution in [3.05, 3.63) is 100 Å². The van der Waals surface area contributed by atoms with Gasteiger partial charge in [-0.1, -0.05) is 66.7 Å². The van der Waals surface area contributed by atoms with Crippen LogP contribution in [0, 0.1) is 5.21 Å². The standard InChI is InChI=1S/C31H36N2O7S/c34-20-23-11-13-24(14-12-23)27-18-26(21-41-29-7-4-5-17-33(29)38)39-31(40-27)25-15-9-22(10-16-25)19-32-28(35)6-2-1-3-8-30(36)37/h4-5,7,9-17,26-27,31,34H,1-3,6,8,18-21H2,(H,32,35)(H,36,37)/t26-,27+,31+/m1/s1. The van der Waals surface area contributed by atoms with Crippen molar-refractivity contribution in [1.29, 1.82) is 0 Å². The number of thioether (sulfide) groups is 1. The van der Waals surface area contributed by atoms with E-state index in [2.05, 4.69) is 5.32 Å². The van der Waals surface area contributed by atoms with Crippen LogP contribution in [0.15, 0.2) is 78.0 Å². The number of rotatable bonds is 14. The third-order valence-corrected chi connectivity index (χ3v) is 8.01. The van der Waals surface area contributed by atoms with Gasteiger partial charge in [0.2, 0.25) is 5.91 Å². The van der Waals surface area contributed by atoms with Gasteiger partial charge in [0, 0.05) is 49.3 Å². The van der Waals surface area contributed by atoms with Crippen LogP contribution in [0.2, 0.25) is 0 Å². The number of benzene rings is 2. The summed E-state index contributed by atoms with van der Waals surface area (Å²) in [6, 6.07) is 20.7. The Kier molecular flexibility index (Phi) is 11.6. The van der Waals surface area contributed by atoms with Crippen molar-refractivity contribution in [2.24, 2.45) is 0 Å². The summed E-state index contributed by atoms with van der Waals surface area (Å²) in [6.45, 7) is 0.370. The Morgan fingerprint density at radius 2 is 1.63 bits per heavy atom. The molecule has 1 fully saturated rings. The molecule has 0 unspecified atom stereocenters. The molecule has 1 aliphatic heterocycles. The summed E-state index contributed by atoms with van der Waals surface area (Å²) < 4.78 is 13.6. The molecule has 218 valence electrons. The van der Waals surface area contributed by atoms with Crippen molar-refractivity contribution in [2.45, 2.75) is 75.2 Å². The van der Waals surface area contributed by atoms with E-state index in [9.17, 15) is 19.9 Å². The second-order valence-corrected chi connectivity index (χ2v) is 11.0. The number of carbonyl (C=O) groups excluding carboxylic acids is 1. The number of nitrogens with one attached hydrogen (secondary N) is 1. The zero-order valence-electron chi connectivity index (χ0n) is 22.8. The number of carbonyl (C=O) groups is 2. The molecule has 9 nitrogen and oxygen atoms in total. The largest absolute Gasteiger partial charge is 0.618 e. The van der Waals surface area contributed by atoms with E-state index in [-0.39, 0.29) is 31.1 Å². The van der Waals surface area contributed by atoms with Gasteiger partial charge in [-0.2, -0.15) is 4.73 Å². The van der Waals surface area contributed by atoms with E-state index >= 15 is 0 Å². The molecule has 0 aliphatic carbocycles. The van der Waals surface area contributed by atoms with Crippen LogP contribution < -0.4 is 10.0 Å². The maximum Gasteiger partial charge on any atom is 0.303 e. The number of carboxylic acids is 1. The number of ether oxygens (including phenoxy) is 2. The molecule has 3 aromatic rings. The van der Waals surface area contributed by atoms with E-state index in [0.717, 1.165) is 27.0 Å². The third-order valence-electron chi connectivity index (χ3n) is 6.86. The number of amides is 1.